The van der Waals surface area contributed by atoms with Crippen LogP contribution in [0.3, 0.4) is 0 Å². The van der Waals surface area contributed by atoms with Crippen molar-refractivity contribution < 1.29 is 4.74 Å². The lowest BCUT2D eigenvalue weighted by Gasteiger charge is -2.11. The van der Waals surface area contributed by atoms with Crippen molar-refractivity contribution in [1.82, 2.24) is 0 Å². The van der Waals surface area contributed by atoms with Crippen molar-refractivity contribution in [3.8, 4) is 17.9 Å². The van der Waals surface area contributed by atoms with Gasteiger partial charge in [-0.05, 0) is 49.6 Å². The van der Waals surface area contributed by atoms with Gasteiger partial charge in [-0.2, -0.15) is 10.5 Å². The standard InChI is InChI=1S/C19H18N2O/c1-15-7-9-19(10-8-15)22-11-3-6-18(14-21)17-5-2-4-16(12-17)13-20/h2,4-5,7-10,12,18H,3,6,11H2,1H3. The Bertz CT molecular complexity index is 693. The Balaban J connectivity index is 1.85. The van der Waals surface area contributed by atoms with Crippen LogP contribution in [0.4, 0.5) is 0 Å². The van der Waals surface area contributed by atoms with Crippen LogP contribution in [0, 0.1) is 29.6 Å². The molecule has 2 aromatic carbocycles. The number of hydrogen-bond donors (Lipinski definition) is 0. The van der Waals surface area contributed by atoms with E-state index in [1.165, 1.54) is 5.56 Å². The second kappa shape index (κ2) is 7.86. The second-order valence-electron chi connectivity index (χ2n) is 5.22. The number of ether oxygens (including phenoxy) is 1. The summed E-state index contributed by atoms with van der Waals surface area (Å²) in [4.78, 5) is 0. The Morgan fingerprint density at radius 3 is 2.55 bits per heavy atom. The van der Waals surface area contributed by atoms with Gasteiger partial charge in [-0.1, -0.05) is 29.8 Å². The molecule has 1 unspecified atom stereocenters. The quantitative estimate of drug-likeness (QED) is 0.744. The molecular formula is C19H18N2O. The van der Waals surface area contributed by atoms with Crippen molar-refractivity contribution in [2.45, 2.75) is 25.7 Å². The third kappa shape index (κ3) is 4.36. The average Bonchev–Trinajstić information content (AvgIpc) is 2.56. The maximum atomic E-state index is 9.32. The van der Waals surface area contributed by atoms with Crippen LogP contribution in [-0.4, -0.2) is 6.61 Å². The van der Waals surface area contributed by atoms with Gasteiger partial charge in [0, 0.05) is 0 Å². The molecule has 0 aliphatic rings. The van der Waals surface area contributed by atoms with Gasteiger partial charge >= 0.3 is 0 Å². The molecule has 0 aromatic heterocycles. The molecule has 0 N–H and O–H groups in total. The molecule has 110 valence electrons. The molecule has 22 heavy (non-hydrogen) atoms. The third-order valence-corrected chi connectivity index (χ3v) is 3.50. The van der Waals surface area contributed by atoms with E-state index < -0.39 is 0 Å². The van der Waals surface area contributed by atoms with Crippen molar-refractivity contribution in [3.05, 3.63) is 65.2 Å². The van der Waals surface area contributed by atoms with Crippen molar-refractivity contribution >= 4 is 0 Å². The van der Waals surface area contributed by atoms with E-state index in [0.29, 0.717) is 12.2 Å². The lowest BCUT2D eigenvalue weighted by atomic mass is 9.94. The molecule has 0 aliphatic heterocycles. The molecular weight excluding hydrogens is 272 g/mol. The van der Waals surface area contributed by atoms with Crippen molar-refractivity contribution in [2.24, 2.45) is 0 Å². The molecule has 0 saturated carbocycles. The zero-order valence-electron chi connectivity index (χ0n) is 12.6. The molecule has 2 aromatic rings. The third-order valence-electron chi connectivity index (χ3n) is 3.50. The summed E-state index contributed by atoms with van der Waals surface area (Å²) < 4.78 is 5.67. The Morgan fingerprint density at radius 1 is 1.09 bits per heavy atom. The summed E-state index contributed by atoms with van der Waals surface area (Å²) in [5.41, 5.74) is 2.69. The highest BCUT2D eigenvalue weighted by atomic mass is 16.5. The van der Waals surface area contributed by atoms with Crippen LogP contribution in [0.1, 0.15) is 35.4 Å². The van der Waals surface area contributed by atoms with Crippen LogP contribution in [0.2, 0.25) is 0 Å². The van der Waals surface area contributed by atoms with E-state index in [1.807, 2.05) is 43.3 Å². The molecule has 1 atom stereocenters. The molecule has 3 nitrogen and oxygen atoms in total. The minimum Gasteiger partial charge on any atom is -0.494 e. The molecule has 2 rings (SSSR count). The first kappa shape index (κ1) is 15.6. The Kier molecular flexibility index (Phi) is 5.57. The first-order valence-electron chi connectivity index (χ1n) is 7.32. The molecule has 0 radical (unpaired) electrons. The van der Waals surface area contributed by atoms with Crippen LogP contribution in [-0.2, 0) is 0 Å². The number of rotatable bonds is 6. The molecule has 0 bridgehead atoms. The van der Waals surface area contributed by atoms with E-state index in [0.717, 1.165) is 24.2 Å². The number of nitriles is 2. The van der Waals surface area contributed by atoms with Gasteiger partial charge in [0.2, 0.25) is 0 Å². The van der Waals surface area contributed by atoms with E-state index in [9.17, 15) is 5.26 Å². The van der Waals surface area contributed by atoms with Gasteiger partial charge in [0.1, 0.15) is 5.75 Å². The Morgan fingerprint density at radius 2 is 1.86 bits per heavy atom. The highest BCUT2D eigenvalue weighted by molar-refractivity contribution is 5.36. The van der Waals surface area contributed by atoms with E-state index in [1.54, 1.807) is 12.1 Å². The van der Waals surface area contributed by atoms with Gasteiger partial charge in [-0.3, -0.25) is 0 Å². The number of hydrogen-bond acceptors (Lipinski definition) is 3. The first-order valence-corrected chi connectivity index (χ1v) is 7.32. The summed E-state index contributed by atoms with van der Waals surface area (Å²) in [5, 5.41) is 18.2. The Hall–Kier alpha value is -2.78. The summed E-state index contributed by atoms with van der Waals surface area (Å²) in [6.07, 6.45) is 1.51. The average molecular weight is 290 g/mol. The van der Waals surface area contributed by atoms with E-state index in [-0.39, 0.29) is 5.92 Å². The molecule has 0 amide bonds. The molecule has 0 saturated heterocycles. The van der Waals surface area contributed by atoms with Gasteiger partial charge in [0.25, 0.3) is 0 Å². The lowest BCUT2D eigenvalue weighted by molar-refractivity contribution is 0.305. The minimum atomic E-state index is -0.199. The first-order chi connectivity index (χ1) is 10.7. The molecule has 0 fully saturated rings. The zero-order valence-corrected chi connectivity index (χ0v) is 12.6. The number of benzene rings is 2. The topological polar surface area (TPSA) is 56.8 Å². The predicted octanol–water partition coefficient (Wildman–Crippen LogP) is 4.33. The van der Waals surface area contributed by atoms with Gasteiger partial charge in [0.15, 0.2) is 0 Å². The SMILES string of the molecule is Cc1ccc(OCCCC(C#N)c2cccc(C#N)c2)cc1. The van der Waals surface area contributed by atoms with Crippen molar-refractivity contribution in [2.75, 3.05) is 6.61 Å². The van der Waals surface area contributed by atoms with Crippen LogP contribution < -0.4 is 4.74 Å². The van der Waals surface area contributed by atoms with E-state index in [4.69, 9.17) is 10.00 Å². The lowest BCUT2D eigenvalue weighted by Crippen LogP contribution is -2.02. The van der Waals surface area contributed by atoms with Crippen molar-refractivity contribution in [3.63, 3.8) is 0 Å². The van der Waals surface area contributed by atoms with Gasteiger partial charge in [0.05, 0.1) is 30.2 Å². The maximum absolute atomic E-state index is 9.32. The molecule has 3 heteroatoms. The van der Waals surface area contributed by atoms with E-state index >= 15 is 0 Å². The molecule has 0 spiro atoms. The monoisotopic (exact) mass is 290 g/mol. The second-order valence-corrected chi connectivity index (χ2v) is 5.22. The maximum Gasteiger partial charge on any atom is 0.119 e. The zero-order chi connectivity index (χ0) is 15.8. The summed E-state index contributed by atoms with van der Waals surface area (Å²) in [6, 6.07) is 19.6. The summed E-state index contributed by atoms with van der Waals surface area (Å²) in [6.45, 7) is 2.62. The Labute approximate surface area is 131 Å². The predicted molar refractivity (Wildman–Crippen MR) is 85.4 cm³/mol. The summed E-state index contributed by atoms with van der Waals surface area (Å²) in [5.74, 6) is 0.653. The van der Waals surface area contributed by atoms with Gasteiger partial charge in [-0.25, -0.2) is 0 Å². The number of aryl methyl sites for hydroxylation is 1. The van der Waals surface area contributed by atoms with Crippen LogP contribution in [0.15, 0.2) is 48.5 Å². The highest BCUT2D eigenvalue weighted by Gasteiger charge is 2.11. The fraction of sp³-hybridized carbons (Fsp3) is 0.263. The minimum absolute atomic E-state index is 0.199. The fourth-order valence-corrected chi connectivity index (χ4v) is 2.24. The normalized spacial score (nSPS) is 11.2. The largest absolute Gasteiger partial charge is 0.494 e. The molecule has 0 heterocycles. The summed E-state index contributed by atoms with van der Waals surface area (Å²) >= 11 is 0. The van der Waals surface area contributed by atoms with Crippen molar-refractivity contribution in [1.29, 1.82) is 10.5 Å². The van der Waals surface area contributed by atoms with Gasteiger partial charge in [-0.15, -0.1) is 0 Å². The van der Waals surface area contributed by atoms with Crippen LogP contribution in [0.5, 0.6) is 5.75 Å². The van der Waals surface area contributed by atoms with Gasteiger partial charge < -0.3 is 4.74 Å². The molecule has 0 aliphatic carbocycles. The number of nitrogens with zero attached hydrogens (tertiary/aromatic N) is 2. The fourth-order valence-electron chi connectivity index (χ4n) is 2.24. The van der Waals surface area contributed by atoms with Crippen LogP contribution >= 0.6 is 0 Å². The smallest absolute Gasteiger partial charge is 0.119 e. The highest BCUT2D eigenvalue weighted by Crippen LogP contribution is 2.22. The summed E-state index contributed by atoms with van der Waals surface area (Å²) in [7, 11) is 0. The van der Waals surface area contributed by atoms with E-state index in [2.05, 4.69) is 12.1 Å². The van der Waals surface area contributed by atoms with Crippen LogP contribution in [0.25, 0.3) is 0 Å².